The van der Waals surface area contributed by atoms with Crippen LogP contribution in [-0.4, -0.2) is 23.3 Å². The zero-order valence-corrected chi connectivity index (χ0v) is 16.3. The first kappa shape index (κ1) is 19.4. The molecule has 4 rings (SSSR count). The molecule has 0 saturated carbocycles. The standard InChI is InChI=1S/C18H12F3N3O3S2/c1-10(25)22-17-23-14-4-3-13(9-16(14)28-17)29(26,27)24-7-6-11-8-12(18(19,20)21)2-5-15(11)24/h2-9H,1H3,(H,22,23,25). The third-order valence-corrected chi connectivity index (χ3v) is 6.80. The molecule has 0 unspecified atom stereocenters. The molecule has 6 nitrogen and oxygen atoms in total. The van der Waals surface area contributed by atoms with Crippen LogP contribution in [0.25, 0.3) is 21.1 Å². The Labute approximate surface area is 166 Å². The Morgan fingerprint density at radius 2 is 1.90 bits per heavy atom. The van der Waals surface area contributed by atoms with Crippen molar-refractivity contribution in [3.63, 3.8) is 0 Å². The fourth-order valence-electron chi connectivity index (χ4n) is 2.89. The average molecular weight is 439 g/mol. The number of nitrogens with one attached hydrogen (secondary N) is 1. The molecule has 0 spiro atoms. The van der Waals surface area contributed by atoms with E-state index in [2.05, 4.69) is 10.3 Å². The van der Waals surface area contributed by atoms with E-state index in [0.29, 0.717) is 15.3 Å². The number of fused-ring (bicyclic) bond motifs is 2. The third kappa shape index (κ3) is 3.47. The lowest BCUT2D eigenvalue weighted by Crippen LogP contribution is -2.12. The van der Waals surface area contributed by atoms with E-state index in [1.165, 1.54) is 37.4 Å². The first-order valence-corrected chi connectivity index (χ1v) is 10.4. The van der Waals surface area contributed by atoms with E-state index in [1.807, 2.05) is 0 Å². The molecule has 29 heavy (non-hydrogen) atoms. The average Bonchev–Trinajstić information content (AvgIpc) is 3.22. The maximum absolute atomic E-state index is 13.1. The van der Waals surface area contributed by atoms with Crippen molar-refractivity contribution >= 4 is 53.5 Å². The van der Waals surface area contributed by atoms with Crippen LogP contribution in [0.5, 0.6) is 0 Å². The number of rotatable bonds is 3. The second-order valence-electron chi connectivity index (χ2n) is 6.22. The quantitative estimate of drug-likeness (QED) is 0.511. The van der Waals surface area contributed by atoms with Crippen LogP contribution < -0.4 is 5.32 Å². The molecule has 1 N–H and O–H groups in total. The van der Waals surface area contributed by atoms with Gasteiger partial charge in [0, 0.05) is 18.5 Å². The van der Waals surface area contributed by atoms with Crippen LogP contribution in [-0.2, 0) is 21.0 Å². The van der Waals surface area contributed by atoms with Gasteiger partial charge in [0.25, 0.3) is 10.0 Å². The topological polar surface area (TPSA) is 81.1 Å². The predicted molar refractivity (Wildman–Crippen MR) is 103 cm³/mol. The number of halogens is 3. The molecule has 0 fully saturated rings. The van der Waals surface area contributed by atoms with Gasteiger partial charge in [-0.1, -0.05) is 11.3 Å². The summed E-state index contributed by atoms with van der Waals surface area (Å²) in [4.78, 5) is 15.3. The molecule has 0 aliphatic carbocycles. The van der Waals surface area contributed by atoms with Crippen LogP contribution in [0.2, 0.25) is 0 Å². The van der Waals surface area contributed by atoms with E-state index in [0.717, 1.165) is 33.5 Å². The van der Waals surface area contributed by atoms with Crippen molar-refractivity contribution < 1.29 is 26.4 Å². The molecule has 11 heteroatoms. The third-order valence-electron chi connectivity index (χ3n) is 4.18. The zero-order valence-electron chi connectivity index (χ0n) is 14.7. The Morgan fingerprint density at radius 3 is 2.59 bits per heavy atom. The minimum Gasteiger partial charge on any atom is -0.302 e. The van der Waals surface area contributed by atoms with Crippen molar-refractivity contribution in [1.82, 2.24) is 8.96 Å². The molecule has 2 aromatic heterocycles. The molecule has 0 saturated heterocycles. The van der Waals surface area contributed by atoms with Crippen LogP contribution in [0.4, 0.5) is 18.3 Å². The zero-order chi connectivity index (χ0) is 21.0. The van der Waals surface area contributed by atoms with Crippen LogP contribution >= 0.6 is 11.3 Å². The summed E-state index contributed by atoms with van der Waals surface area (Å²) in [5.74, 6) is -0.297. The van der Waals surface area contributed by atoms with Gasteiger partial charge in [0.1, 0.15) is 0 Å². The van der Waals surface area contributed by atoms with Crippen LogP contribution in [0.15, 0.2) is 53.6 Å². The summed E-state index contributed by atoms with van der Waals surface area (Å²) >= 11 is 1.12. The summed E-state index contributed by atoms with van der Waals surface area (Å²) in [6, 6.07) is 8.51. The highest BCUT2D eigenvalue weighted by Gasteiger charge is 2.31. The number of anilines is 1. The Kier molecular flexibility index (Phi) is 4.39. The second kappa shape index (κ2) is 6.56. The van der Waals surface area contributed by atoms with Crippen molar-refractivity contribution in [2.75, 3.05) is 5.32 Å². The highest BCUT2D eigenvalue weighted by atomic mass is 32.2. The molecule has 4 aromatic rings. The van der Waals surface area contributed by atoms with Gasteiger partial charge in [-0.25, -0.2) is 17.4 Å². The molecule has 0 bridgehead atoms. The summed E-state index contributed by atoms with van der Waals surface area (Å²) in [6.45, 7) is 1.34. The number of amides is 1. The van der Waals surface area contributed by atoms with Gasteiger partial charge in [0.2, 0.25) is 5.91 Å². The highest BCUT2D eigenvalue weighted by Crippen LogP contribution is 2.33. The molecule has 2 heterocycles. The highest BCUT2D eigenvalue weighted by molar-refractivity contribution is 7.90. The fraction of sp³-hybridized carbons (Fsp3) is 0.111. The Morgan fingerprint density at radius 1 is 1.14 bits per heavy atom. The van der Waals surface area contributed by atoms with E-state index in [4.69, 9.17) is 0 Å². The van der Waals surface area contributed by atoms with Crippen molar-refractivity contribution in [2.24, 2.45) is 0 Å². The number of carbonyl (C=O) groups is 1. The van der Waals surface area contributed by atoms with E-state index in [1.54, 1.807) is 0 Å². The number of hydrogen-bond donors (Lipinski definition) is 1. The van der Waals surface area contributed by atoms with Crippen LogP contribution in [0, 0.1) is 0 Å². The Balaban J connectivity index is 1.79. The molecular weight excluding hydrogens is 427 g/mol. The number of hydrogen-bond acceptors (Lipinski definition) is 5. The predicted octanol–water partition coefficient (Wildman–Crippen LogP) is 4.47. The Bertz CT molecular complexity index is 1370. The summed E-state index contributed by atoms with van der Waals surface area (Å²) < 4.78 is 66.3. The normalized spacial score (nSPS) is 12.6. The SMILES string of the molecule is CC(=O)Nc1nc2ccc(S(=O)(=O)n3ccc4cc(C(F)(F)F)ccc43)cc2s1. The van der Waals surface area contributed by atoms with Gasteiger partial charge in [-0.15, -0.1) is 0 Å². The lowest BCUT2D eigenvalue weighted by atomic mass is 10.1. The lowest BCUT2D eigenvalue weighted by molar-refractivity contribution is -0.137. The van der Waals surface area contributed by atoms with Gasteiger partial charge in [-0.2, -0.15) is 13.2 Å². The lowest BCUT2D eigenvalue weighted by Gasteiger charge is -2.09. The van der Waals surface area contributed by atoms with E-state index in [-0.39, 0.29) is 21.7 Å². The molecule has 0 aliphatic heterocycles. The summed E-state index contributed by atoms with van der Waals surface area (Å²) in [5.41, 5.74) is -0.192. The van der Waals surface area contributed by atoms with E-state index >= 15 is 0 Å². The van der Waals surface area contributed by atoms with Crippen molar-refractivity contribution in [2.45, 2.75) is 18.0 Å². The molecule has 1 amide bonds. The maximum atomic E-state index is 13.1. The van der Waals surface area contributed by atoms with Gasteiger partial charge in [0.05, 0.1) is 26.2 Å². The van der Waals surface area contributed by atoms with Crippen molar-refractivity contribution in [3.05, 3.63) is 54.2 Å². The first-order chi connectivity index (χ1) is 13.6. The van der Waals surface area contributed by atoms with Crippen LogP contribution in [0.3, 0.4) is 0 Å². The smallest absolute Gasteiger partial charge is 0.302 e. The minimum atomic E-state index is -4.52. The number of carbonyl (C=O) groups excluding carboxylic acids is 1. The largest absolute Gasteiger partial charge is 0.416 e. The first-order valence-electron chi connectivity index (χ1n) is 8.18. The molecular formula is C18H12F3N3O3S2. The second-order valence-corrected chi connectivity index (χ2v) is 9.06. The van der Waals surface area contributed by atoms with Crippen molar-refractivity contribution in [3.8, 4) is 0 Å². The molecule has 2 aromatic carbocycles. The number of nitrogens with zero attached hydrogens (tertiary/aromatic N) is 2. The monoisotopic (exact) mass is 439 g/mol. The maximum Gasteiger partial charge on any atom is 0.416 e. The van der Waals surface area contributed by atoms with Gasteiger partial charge in [-0.3, -0.25) is 4.79 Å². The number of thiazole rings is 1. The van der Waals surface area contributed by atoms with E-state index in [9.17, 15) is 26.4 Å². The number of benzene rings is 2. The molecule has 150 valence electrons. The molecule has 0 atom stereocenters. The number of alkyl halides is 3. The van der Waals surface area contributed by atoms with Gasteiger partial charge >= 0.3 is 6.18 Å². The van der Waals surface area contributed by atoms with Crippen LogP contribution in [0.1, 0.15) is 12.5 Å². The summed E-state index contributed by atoms with van der Waals surface area (Å²) in [5, 5.41) is 3.05. The molecule has 0 aliphatic rings. The minimum absolute atomic E-state index is 0.0413. The fourth-order valence-corrected chi connectivity index (χ4v) is 5.29. The van der Waals surface area contributed by atoms with Gasteiger partial charge < -0.3 is 5.32 Å². The van der Waals surface area contributed by atoms with Gasteiger partial charge in [0.15, 0.2) is 5.13 Å². The number of aromatic nitrogens is 2. The molecule has 0 radical (unpaired) electrons. The van der Waals surface area contributed by atoms with Gasteiger partial charge in [-0.05, 0) is 42.5 Å². The summed E-state index contributed by atoms with van der Waals surface area (Å²) in [7, 11) is -4.05. The Hall–Kier alpha value is -2.92. The van der Waals surface area contributed by atoms with Crippen molar-refractivity contribution in [1.29, 1.82) is 0 Å². The van der Waals surface area contributed by atoms with E-state index < -0.39 is 21.8 Å². The summed E-state index contributed by atoms with van der Waals surface area (Å²) in [6.07, 6.45) is -3.29.